The first kappa shape index (κ1) is 8.50. The van der Waals surface area contributed by atoms with Gasteiger partial charge in [0.1, 0.15) is 0 Å². The average molecular weight is 208 g/mol. The second-order valence-corrected chi connectivity index (χ2v) is 4.04. The Hall–Kier alpha value is 0.400. The Morgan fingerprint density at radius 2 is 2.40 bits per heavy atom. The first-order chi connectivity index (χ1) is 4.69. The molecular weight excluding hydrogens is 194 g/mol. The fourth-order valence-corrected chi connectivity index (χ4v) is 1.81. The third-order valence-corrected chi connectivity index (χ3v) is 3.54. The van der Waals surface area contributed by atoms with Crippen molar-refractivity contribution in [1.82, 2.24) is 5.32 Å². The Morgan fingerprint density at radius 3 is 2.80 bits per heavy atom. The molecule has 0 aromatic carbocycles. The summed E-state index contributed by atoms with van der Waals surface area (Å²) < 4.78 is 5.40. The number of nitrogens with one attached hydrogen (secondary N) is 1. The molecule has 0 aromatic heterocycles. The summed E-state index contributed by atoms with van der Waals surface area (Å²) in [5, 5.41) is 3.30. The van der Waals surface area contributed by atoms with E-state index in [2.05, 4.69) is 28.2 Å². The monoisotopic (exact) mass is 207 g/mol. The lowest BCUT2D eigenvalue weighted by Crippen LogP contribution is -2.50. The van der Waals surface area contributed by atoms with Crippen LogP contribution in [0.4, 0.5) is 0 Å². The molecule has 1 N–H and O–H groups in total. The number of ether oxygens (including phenoxy) is 1. The van der Waals surface area contributed by atoms with Crippen LogP contribution < -0.4 is 5.32 Å². The smallest absolute Gasteiger partial charge is 0.0799 e. The molecule has 0 aromatic rings. The zero-order valence-corrected chi connectivity index (χ0v) is 8.07. The van der Waals surface area contributed by atoms with Crippen LogP contribution in [0.25, 0.3) is 0 Å². The summed E-state index contributed by atoms with van der Waals surface area (Å²) >= 11 is 3.58. The lowest BCUT2D eigenvalue weighted by Gasteiger charge is -2.37. The van der Waals surface area contributed by atoms with Crippen LogP contribution in [0.15, 0.2) is 0 Å². The lowest BCUT2D eigenvalue weighted by atomic mass is 9.95. The fourth-order valence-electron chi connectivity index (χ4n) is 1.17. The van der Waals surface area contributed by atoms with Crippen molar-refractivity contribution in [2.75, 3.05) is 20.2 Å². The molecule has 0 saturated carbocycles. The zero-order valence-electron chi connectivity index (χ0n) is 6.48. The molecule has 10 heavy (non-hydrogen) atoms. The minimum absolute atomic E-state index is 0.0330. The molecule has 2 nitrogen and oxygen atoms in total. The summed E-state index contributed by atoms with van der Waals surface area (Å²) in [7, 11) is 1.78. The topological polar surface area (TPSA) is 21.3 Å². The van der Waals surface area contributed by atoms with Gasteiger partial charge in [0.2, 0.25) is 0 Å². The number of piperidine rings is 1. The van der Waals surface area contributed by atoms with Gasteiger partial charge in [-0.2, -0.15) is 0 Å². The molecule has 0 radical (unpaired) electrons. The van der Waals surface area contributed by atoms with Crippen molar-refractivity contribution in [1.29, 1.82) is 0 Å². The van der Waals surface area contributed by atoms with Crippen LogP contribution in [0, 0.1) is 0 Å². The van der Waals surface area contributed by atoms with Crippen molar-refractivity contribution in [2.24, 2.45) is 0 Å². The highest BCUT2D eigenvalue weighted by Crippen LogP contribution is 2.27. The molecule has 60 valence electrons. The first-order valence-corrected chi connectivity index (χ1v) is 4.50. The number of rotatable bonds is 1. The highest BCUT2D eigenvalue weighted by Gasteiger charge is 2.34. The molecule has 1 aliphatic heterocycles. The molecule has 0 amide bonds. The fraction of sp³-hybridized carbons (Fsp3) is 1.00. The molecule has 1 aliphatic rings. The van der Waals surface area contributed by atoms with E-state index in [4.69, 9.17) is 4.74 Å². The van der Waals surface area contributed by atoms with Crippen LogP contribution in [-0.2, 0) is 4.74 Å². The van der Waals surface area contributed by atoms with E-state index in [1.54, 1.807) is 7.11 Å². The van der Waals surface area contributed by atoms with Crippen LogP contribution in [0.5, 0.6) is 0 Å². The van der Waals surface area contributed by atoms with Crippen LogP contribution in [0.3, 0.4) is 0 Å². The molecule has 1 rings (SSSR count). The number of halogens is 1. The maximum atomic E-state index is 5.40. The van der Waals surface area contributed by atoms with Crippen molar-refractivity contribution in [3.05, 3.63) is 0 Å². The van der Waals surface area contributed by atoms with Gasteiger partial charge in [0.05, 0.1) is 10.4 Å². The van der Waals surface area contributed by atoms with Crippen molar-refractivity contribution in [3.63, 3.8) is 0 Å². The number of hydrogen-bond donors (Lipinski definition) is 1. The predicted octanol–water partition coefficient (Wildman–Crippen LogP) is 1.15. The molecule has 2 atom stereocenters. The molecule has 1 heterocycles. The van der Waals surface area contributed by atoms with E-state index in [-0.39, 0.29) is 5.60 Å². The largest absolute Gasteiger partial charge is 0.377 e. The minimum Gasteiger partial charge on any atom is -0.377 e. The van der Waals surface area contributed by atoms with E-state index in [0.29, 0.717) is 4.83 Å². The van der Waals surface area contributed by atoms with Gasteiger partial charge >= 0.3 is 0 Å². The second-order valence-electron chi connectivity index (χ2n) is 2.94. The van der Waals surface area contributed by atoms with Crippen molar-refractivity contribution in [3.8, 4) is 0 Å². The Labute approximate surface area is 70.5 Å². The summed E-state index contributed by atoms with van der Waals surface area (Å²) in [4.78, 5) is 0.443. The zero-order chi connectivity index (χ0) is 7.61. The van der Waals surface area contributed by atoms with E-state index in [0.717, 1.165) is 19.5 Å². The SMILES string of the molecule is CO[C@@]1(C)CCNC[C@@H]1Br. The Balaban J connectivity index is 2.54. The van der Waals surface area contributed by atoms with Crippen LogP contribution in [-0.4, -0.2) is 30.6 Å². The molecule has 3 heteroatoms. The summed E-state index contributed by atoms with van der Waals surface area (Å²) in [5.41, 5.74) is 0.0330. The normalized spacial score (nSPS) is 41.7. The summed E-state index contributed by atoms with van der Waals surface area (Å²) in [6.07, 6.45) is 1.08. The van der Waals surface area contributed by atoms with Gasteiger partial charge < -0.3 is 10.1 Å². The molecular formula is C7H14BrNO. The van der Waals surface area contributed by atoms with Crippen LogP contribution in [0.1, 0.15) is 13.3 Å². The third-order valence-electron chi connectivity index (χ3n) is 2.25. The molecule has 1 fully saturated rings. The highest BCUT2D eigenvalue weighted by atomic mass is 79.9. The maximum Gasteiger partial charge on any atom is 0.0799 e. The number of hydrogen-bond acceptors (Lipinski definition) is 2. The Kier molecular flexibility index (Phi) is 2.72. The van der Waals surface area contributed by atoms with Gasteiger partial charge in [-0.1, -0.05) is 15.9 Å². The van der Waals surface area contributed by atoms with Crippen molar-refractivity contribution >= 4 is 15.9 Å². The standard InChI is InChI=1S/C7H14BrNO/c1-7(10-2)3-4-9-5-6(7)8/h6,9H,3-5H2,1-2H3/t6-,7-/m0/s1. The van der Waals surface area contributed by atoms with Gasteiger partial charge in [-0.25, -0.2) is 0 Å². The van der Waals surface area contributed by atoms with Gasteiger partial charge in [0, 0.05) is 13.7 Å². The highest BCUT2D eigenvalue weighted by molar-refractivity contribution is 9.09. The van der Waals surface area contributed by atoms with Crippen molar-refractivity contribution < 1.29 is 4.74 Å². The molecule has 0 unspecified atom stereocenters. The quantitative estimate of drug-likeness (QED) is 0.652. The molecule has 0 aliphatic carbocycles. The van der Waals surface area contributed by atoms with Crippen LogP contribution in [0.2, 0.25) is 0 Å². The van der Waals surface area contributed by atoms with E-state index in [9.17, 15) is 0 Å². The maximum absolute atomic E-state index is 5.40. The van der Waals surface area contributed by atoms with E-state index in [1.165, 1.54) is 0 Å². The van der Waals surface area contributed by atoms with E-state index >= 15 is 0 Å². The minimum atomic E-state index is 0.0330. The number of alkyl halides is 1. The lowest BCUT2D eigenvalue weighted by molar-refractivity contribution is -0.0107. The van der Waals surface area contributed by atoms with Gasteiger partial charge in [-0.3, -0.25) is 0 Å². The summed E-state index contributed by atoms with van der Waals surface area (Å²) in [6.45, 7) is 4.21. The molecule has 1 saturated heterocycles. The first-order valence-electron chi connectivity index (χ1n) is 3.59. The Morgan fingerprint density at radius 1 is 1.70 bits per heavy atom. The van der Waals surface area contributed by atoms with E-state index in [1.807, 2.05) is 0 Å². The Bertz CT molecular complexity index is 120. The average Bonchev–Trinajstić information content (AvgIpc) is 1.96. The van der Waals surface area contributed by atoms with Gasteiger partial charge in [0.25, 0.3) is 0 Å². The number of methoxy groups -OCH3 is 1. The summed E-state index contributed by atoms with van der Waals surface area (Å²) in [6, 6.07) is 0. The van der Waals surface area contributed by atoms with Crippen molar-refractivity contribution in [2.45, 2.75) is 23.8 Å². The second kappa shape index (κ2) is 3.20. The summed E-state index contributed by atoms with van der Waals surface area (Å²) in [5.74, 6) is 0. The third kappa shape index (κ3) is 1.52. The predicted molar refractivity (Wildman–Crippen MR) is 45.6 cm³/mol. The van der Waals surface area contributed by atoms with Crippen LogP contribution >= 0.6 is 15.9 Å². The van der Waals surface area contributed by atoms with Gasteiger partial charge in [-0.05, 0) is 19.9 Å². The van der Waals surface area contributed by atoms with Gasteiger partial charge in [-0.15, -0.1) is 0 Å². The van der Waals surface area contributed by atoms with E-state index < -0.39 is 0 Å². The molecule has 0 spiro atoms. The molecule has 0 bridgehead atoms. The van der Waals surface area contributed by atoms with Gasteiger partial charge in [0.15, 0.2) is 0 Å².